The Bertz CT molecular complexity index is 964. The van der Waals surface area contributed by atoms with Crippen molar-refractivity contribution in [2.24, 2.45) is 0 Å². The fourth-order valence-corrected chi connectivity index (χ4v) is 3.17. The van der Waals surface area contributed by atoms with Gasteiger partial charge in [0.05, 0.1) is 24.2 Å². The van der Waals surface area contributed by atoms with Crippen LogP contribution in [0, 0.1) is 11.3 Å². The molecule has 3 amide bonds. The van der Waals surface area contributed by atoms with E-state index in [0.29, 0.717) is 11.3 Å². The van der Waals surface area contributed by atoms with Crippen molar-refractivity contribution in [1.29, 1.82) is 5.26 Å². The molecule has 1 fully saturated rings. The topological polar surface area (TPSA) is 106 Å². The van der Waals surface area contributed by atoms with Gasteiger partial charge in [0.15, 0.2) is 0 Å². The minimum atomic E-state index is -0.917. The van der Waals surface area contributed by atoms with E-state index in [1.165, 1.54) is 4.90 Å². The molecular formula is C22H24N4O4. The normalized spacial score (nSPS) is 16.5. The van der Waals surface area contributed by atoms with Crippen molar-refractivity contribution in [1.82, 2.24) is 15.3 Å². The van der Waals surface area contributed by atoms with Crippen LogP contribution in [0.1, 0.15) is 19.4 Å². The molecule has 1 unspecified atom stereocenters. The molecule has 0 bridgehead atoms. The molecule has 2 N–H and O–H groups in total. The quantitative estimate of drug-likeness (QED) is 0.539. The number of nitrogens with zero attached hydrogens (tertiary/aromatic N) is 3. The molecule has 3 rings (SSSR count). The van der Waals surface area contributed by atoms with Crippen LogP contribution in [0.15, 0.2) is 48.5 Å². The van der Waals surface area contributed by atoms with Crippen molar-refractivity contribution >= 4 is 11.9 Å². The fraction of sp³-hybridized carbons (Fsp3) is 0.318. The Hall–Kier alpha value is -3.41. The van der Waals surface area contributed by atoms with E-state index < -0.39 is 17.6 Å². The van der Waals surface area contributed by atoms with Crippen molar-refractivity contribution in [2.75, 3.05) is 20.2 Å². The van der Waals surface area contributed by atoms with Gasteiger partial charge >= 0.3 is 6.03 Å². The molecule has 2 aromatic carbocycles. The third-order valence-corrected chi connectivity index (χ3v) is 5.36. The van der Waals surface area contributed by atoms with E-state index in [0.717, 1.165) is 16.0 Å². The second-order valence-electron chi connectivity index (χ2n) is 7.67. The summed E-state index contributed by atoms with van der Waals surface area (Å²) in [6.07, 6.45) is 0. The van der Waals surface area contributed by atoms with Gasteiger partial charge in [-0.2, -0.15) is 10.7 Å². The lowest BCUT2D eigenvalue weighted by Gasteiger charge is -2.22. The number of nitriles is 1. The average Bonchev–Trinajstić information content (AvgIpc) is 2.91. The Morgan fingerprint density at radius 2 is 1.67 bits per heavy atom. The molecule has 8 heteroatoms. The molecule has 156 valence electrons. The predicted octanol–water partition coefficient (Wildman–Crippen LogP) is 2.62. The number of urea groups is 1. The summed E-state index contributed by atoms with van der Waals surface area (Å²) in [4.78, 5) is 27.3. The van der Waals surface area contributed by atoms with E-state index in [9.17, 15) is 14.8 Å². The molecule has 0 saturated carbocycles. The predicted molar refractivity (Wildman–Crippen MR) is 110 cm³/mol. The highest BCUT2D eigenvalue weighted by Gasteiger charge is 2.49. The number of nitrogens with one attached hydrogen (secondary N) is 1. The van der Waals surface area contributed by atoms with Crippen LogP contribution in [0.2, 0.25) is 0 Å². The number of hydroxylamine groups is 1. The minimum absolute atomic E-state index is 0.00867. The number of likely N-dealkylation sites (N-methyl/N-ethyl adjacent to an activating group) is 1. The monoisotopic (exact) mass is 408 g/mol. The molecule has 2 aromatic rings. The molecule has 1 heterocycles. The summed E-state index contributed by atoms with van der Waals surface area (Å²) in [7, 11) is 1.58. The molecule has 0 radical (unpaired) electrons. The highest BCUT2D eigenvalue weighted by Crippen LogP contribution is 2.26. The van der Waals surface area contributed by atoms with Crippen molar-refractivity contribution in [3.8, 4) is 22.9 Å². The van der Waals surface area contributed by atoms with Crippen LogP contribution in [0.25, 0.3) is 11.1 Å². The molecule has 1 aliphatic rings. The molecule has 8 nitrogen and oxygen atoms in total. The van der Waals surface area contributed by atoms with Crippen molar-refractivity contribution < 1.29 is 19.5 Å². The Balaban J connectivity index is 1.60. The highest BCUT2D eigenvalue weighted by molar-refractivity contribution is 6.06. The van der Waals surface area contributed by atoms with Gasteiger partial charge in [0.25, 0.3) is 5.91 Å². The van der Waals surface area contributed by atoms with Crippen LogP contribution in [-0.4, -0.2) is 58.7 Å². The van der Waals surface area contributed by atoms with Gasteiger partial charge in [-0.05, 0) is 49.2 Å². The molecule has 1 aliphatic heterocycles. The van der Waals surface area contributed by atoms with E-state index in [1.54, 1.807) is 45.2 Å². The van der Waals surface area contributed by atoms with Crippen molar-refractivity contribution in [3.63, 3.8) is 0 Å². The van der Waals surface area contributed by atoms with Gasteiger partial charge in [-0.25, -0.2) is 4.79 Å². The number of benzene rings is 2. The third kappa shape index (κ3) is 4.13. The Labute approximate surface area is 175 Å². The van der Waals surface area contributed by atoms with Crippen LogP contribution >= 0.6 is 0 Å². The smallest absolute Gasteiger partial charge is 0.327 e. The number of carbonyl (C=O) groups excluding carboxylic acids is 2. The zero-order valence-corrected chi connectivity index (χ0v) is 17.1. The van der Waals surface area contributed by atoms with E-state index in [4.69, 9.17) is 10.00 Å². The second-order valence-corrected chi connectivity index (χ2v) is 7.67. The maximum absolute atomic E-state index is 12.5. The summed E-state index contributed by atoms with van der Waals surface area (Å²) in [5, 5.41) is 18.3. The van der Waals surface area contributed by atoms with E-state index in [-0.39, 0.29) is 19.1 Å². The number of ether oxygens (including phenoxy) is 1. The summed E-state index contributed by atoms with van der Waals surface area (Å²) >= 11 is 0. The molecule has 0 aliphatic carbocycles. The van der Waals surface area contributed by atoms with E-state index in [1.807, 2.05) is 24.3 Å². The van der Waals surface area contributed by atoms with Gasteiger partial charge in [-0.15, -0.1) is 0 Å². The largest absolute Gasteiger partial charge is 0.492 e. The van der Waals surface area contributed by atoms with Gasteiger partial charge < -0.3 is 14.8 Å². The number of amides is 3. The van der Waals surface area contributed by atoms with Gasteiger partial charge in [-0.1, -0.05) is 24.3 Å². The maximum Gasteiger partial charge on any atom is 0.327 e. The molecule has 30 heavy (non-hydrogen) atoms. The van der Waals surface area contributed by atoms with Gasteiger partial charge in [-0.3, -0.25) is 9.69 Å². The standard InChI is InChI=1S/C22H24N4O4/c1-22(2)20(27)26(21(28)25(22)3)13-18(24-29)14-30-19-10-8-17(9-11-19)16-6-4-15(12-23)5-7-16/h4-11,18,24,29H,13-14H2,1-3H3. The summed E-state index contributed by atoms with van der Waals surface area (Å²) in [5.41, 5.74) is 3.75. The van der Waals surface area contributed by atoms with Crippen molar-refractivity contribution in [3.05, 3.63) is 54.1 Å². The number of imide groups is 1. The Morgan fingerprint density at radius 1 is 1.10 bits per heavy atom. The molecule has 1 atom stereocenters. The first-order valence-corrected chi connectivity index (χ1v) is 9.50. The number of carbonyl (C=O) groups is 2. The van der Waals surface area contributed by atoms with Crippen LogP contribution in [-0.2, 0) is 4.79 Å². The third-order valence-electron chi connectivity index (χ3n) is 5.36. The SMILES string of the molecule is CN1C(=O)N(CC(COc2ccc(-c3ccc(C#N)cc3)cc2)NO)C(=O)C1(C)C. The number of hydrogen-bond donors (Lipinski definition) is 2. The summed E-state index contributed by atoms with van der Waals surface area (Å²) in [6.45, 7) is 3.42. The zero-order chi connectivity index (χ0) is 21.9. The van der Waals surface area contributed by atoms with E-state index >= 15 is 0 Å². The lowest BCUT2D eigenvalue weighted by Crippen LogP contribution is -2.47. The van der Waals surface area contributed by atoms with Gasteiger partial charge in [0.1, 0.15) is 17.9 Å². The second kappa shape index (κ2) is 8.53. The molecule has 0 aromatic heterocycles. The average molecular weight is 408 g/mol. The molecular weight excluding hydrogens is 384 g/mol. The van der Waals surface area contributed by atoms with Gasteiger partial charge in [0.2, 0.25) is 0 Å². The van der Waals surface area contributed by atoms with Crippen LogP contribution in [0.4, 0.5) is 4.79 Å². The van der Waals surface area contributed by atoms with Crippen LogP contribution in [0.3, 0.4) is 0 Å². The van der Waals surface area contributed by atoms with Crippen LogP contribution in [0.5, 0.6) is 5.75 Å². The fourth-order valence-electron chi connectivity index (χ4n) is 3.17. The maximum atomic E-state index is 12.5. The Kier molecular flexibility index (Phi) is 6.06. The van der Waals surface area contributed by atoms with E-state index in [2.05, 4.69) is 11.5 Å². The van der Waals surface area contributed by atoms with Crippen LogP contribution < -0.4 is 10.2 Å². The lowest BCUT2D eigenvalue weighted by molar-refractivity contribution is -0.132. The minimum Gasteiger partial charge on any atom is -0.492 e. The lowest BCUT2D eigenvalue weighted by atomic mass is 10.0. The zero-order valence-electron chi connectivity index (χ0n) is 17.1. The van der Waals surface area contributed by atoms with Gasteiger partial charge in [0, 0.05) is 7.05 Å². The first-order valence-electron chi connectivity index (χ1n) is 9.50. The summed E-state index contributed by atoms with van der Waals surface area (Å²) in [6, 6.07) is 15.7. The first-order chi connectivity index (χ1) is 14.3. The Morgan fingerprint density at radius 3 is 2.13 bits per heavy atom. The molecule has 0 spiro atoms. The number of hydrogen-bond acceptors (Lipinski definition) is 6. The first kappa shape index (κ1) is 21.3. The molecule has 1 saturated heterocycles. The highest BCUT2D eigenvalue weighted by atomic mass is 16.5. The van der Waals surface area contributed by atoms with Crippen molar-refractivity contribution in [2.45, 2.75) is 25.4 Å². The summed E-state index contributed by atoms with van der Waals surface area (Å²) < 4.78 is 5.72. The summed E-state index contributed by atoms with van der Waals surface area (Å²) in [5.74, 6) is 0.270. The number of rotatable bonds is 7.